The molecule has 3 N–H and O–H groups in total. The fourth-order valence-corrected chi connectivity index (χ4v) is 2.61. The number of aromatic nitrogens is 1. The summed E-state index contributed by atoms with van der Waals surface area (Å²) in [6.07, 6.45) is 0. The molecule has 0 aliphatic rings. The van der Waals surface area contributed by atoms with Crippen molar-refractivity contribution < 1.29 is 14.3 Å². The summed E-state index contributed by atoms with van der Waals surface area (Å²) in [6, 6.07) is 9.93. The molecule has 0 fully saturated rings. The first-order chi connectivity index (χ1) is 11.3. The van der Waals surface area contributed by atoms with Gasteiger partial charge in [0.25, 0.3) is 0 Å². The minimum atomic E-state index is -1.00. The molecule has 3 rings (SSSR count). The number of benzene rings is 2. The number of carboxylic acids is 1. The summed E-state index contributed by atoms with van der Waals surface area (Å²) in [7, 11) is 0. The molecule has 0 unspecified atom stereocenters. The van der Waals surface area contributed by atoms with Gasteiger partial charge >= 0.3 is 11.6 Å². The predicted molar refractivity (Wildman–Crippen MR) is 98.2 cm³/mol. The Morgan fingerprint density at radius 3 is 2.42 bits per heavy atom. The Morgan fingerprint density at radius 2 is 1.79 bits per heavy atom. The largest absolute Gasteiger partial charge is 0.478 e. The molecule has 3 aromatic rings. The SMILES string of the molecule is Cc1nc2cc(Br)ccc2c(=O)o1.Nc1cc(Br)ccc1C(=O)O. The zero-order valence-corrected chi connectivity index (χ0v) is 15.6. The Bertz CT molecular complexity index is 965. The number of halogens is 2. The van der Waals surface area contributed by atoms with Crippen molar-refractivity contribution >= 4 is 54.4 Å². The van der Waals surface area contributed by atoms with E-state index in [0.717, 1.165) is 8.95 Å². The topological polar surface area (TPSA) is 106 Å². The third kappa shape index (κ3) is 4.42. The molecular formula is C16H12Br2N2O4. The number of nitrogens with zero attached hydrogens (tertiary/aromatic N) is 1. The Hall–Kier alpha value is -2.19. The van der Waals surface area contributed by atoms with Gasteiger partial charge in [-0.2, -0.15) is 0 Å². The van der Waals surface area contributed by atoms with Crippen LogP contribution in [-0.4, -0.2) is 16.1 Å². The first-order valence-electron chi connectivity index (χ1n) is 6.63. The van der Waals surface area contributed by atoms with E-state index < -0.39 is 5.97 Å². The number of nitrogen functional groups attached to an aromatic ring is 1. The highest BCUT2D eigenvalue weighted by molar-refractivity contribution is 9.10. The molecule has 0 amide bonds. The summed E-state index contributed by atoms with van der Waals surface area (Å²) in [5.74, 6) is -0.620. The Kier molecular flexibility index (Phi) is 5.74. The second-order valence-corrected chi connectivity index (χ2v) is 6.55. The molecule has 0 aliphatic heterocycles. The van der Waals surface area contributed by atoms with Crippen LogP contribution >= 0.6 is 31.9 Å². The molecular weight excluding hydrogens is 444 g/mol. The van der Waals surface area contributed by atoms with Crippen molar-refractivity contribution in [1.29, 1.82) is 0 Å². The van der Waals surface area contributed by atoms with E-state index in [2.05, 4.69) is 36.8 Å². The van der Waals surface area contributed by atoms with Crippen LogP contribution in [0.15, 0.2) is 54.6 Å². The number of carbonyl (C=O) groups is 1. The van der Waals surface area contributed by atoms with Crippen molar-refractivity contribution in [3.05, 3.63) is 67.2 Å². The number of nitrogens with two attached hydrogens (primary N) is 1. The maximum atomic E-state index is 11.3. The lowest BCUT2D eigenvalue weighted by atomic mass is 10.2. The summed E-state index contributed by atoms with van der Waals surface area (Å²) >= 11 is 6.48. The highest BCUT2D eigenvalue weighted by Crippen LogP contribution is 2.18. The molecule has 6 nitrogen and oxygen atoms in total. The zero-order chi connectivity index (χ0) is 17.9. The van der Waals surface area contributed by atoms with Crippen molar-refractivity contribution in [2.24, 2.45) is 0 Å². The van der Waals surface area contributed by atoms with Crippen LogP contribution in [0.1, 0.15) is 16.2 Å². The van der Waals surface area contributed by atoms with Crippen LogP contribution in [0.5, 0.6) is 0 Å². The second kappa shape index (κ2) is 7.59. The van der Waals surface area contributed by atoms with Gasteiger partial charge in [-0.05, 0) is 36.4 Å². The quantitative estimate of drug-likeness (QED) is 0.537. The van der Waals surface area contributed by atoms with Crippen molar-refractivity contribution in [3.63, 3.8) is 0 Å². The van der Waals surface area contributed by atoms with Gasteiger partial charge in [0.05, 0.1) is 16.5 Å². The molecule has 0 radical (unpaired) electrons. The Balaban J connectivity index is 0.000000177. The molecule has 0 saturated heterocycles. The summed E-state index contributed by atoms with van der Waals surface area (Å²) < 4.78 is 6.53. The van der Waals surface area contributed by atoms with E-state index in [1.165, 1.54) is 6.07 Å². The van der Waals surface area contributed by atoms with Gasteiger partial charge in [0, 0.05) is 21.6 Å². The van der Waals surface area contributed by atoms with Crippen molar-refractivity contribution in [2.75, 3.05) is 5.73 Å². The molecule has 0 spiro atoms. The van der Waals surface area contributed by atoms with E-state index in [1.54, 1.807) is 37.3 Å². The number of aromatic carboxylic acids is 1. The van der Waals surface area contributed by atoms with Gasteiger partial charge in [-0.15, -0.1) is 0 Å². The number of carboxylic acid groups (broad SMARTS) is 1. The van der Waals surface area contributed by atoms with E-state index >= 15 is 0 Å². The highest BCUT2D eigenvalue weighted by Gasteiger charge is 2.06. The summed E-state index contributed by atoms with van der Waals surface area (Å²) in [5.41, 5.74) is 6.13. The monoisotopic (exact) mass is 454 g/mol. The number of anilines is 1. The standard InChI is InChI=1S/C9H6BrNO2.C7H6BrNO2/c1-5-11-8-4-6(10)2-3-7(8)9(12)13-5;8-4-1-2-5(7(10)11)6(9)3-4/h2-4H,1H3;1-3H,9H2,(H,10,11). The van der Waals surface area contributed by atoms with Crippen molar-refractivity contribution in [2.45, 2.75) is 6.92 Å². The predicted octanol–water partition coefficient (Wildman–Crippen LogP) is 3.99. The number of hydrogen-bond donors (Lipinski definition) is 2. The lowest BCUT2D eigenvalue weighted by molar-refractivity contribution is 0.0698. The van der Waals surface area contributed by atoms with E-state index in [4.69, 9.17) is 15.3 Å². The van der Waals surface area contributed by atoms with Crippen LogP contribution in [0, 0.1) is 6.92 Å². The fourth-order valence-electron chi connectivity index (χ4n) is 1.88. The zero-order valence-electron chi connectivity index (χ0n) is 12.4. The summed E-state index contributed by atoms with van der Waals surface area (Å²) in [4.78, 5) is 25.8. The van der Waals surface area contributed by atoms with Gasteiger partial charge in [-0.1, -0.05) is 31.9 Å². The van der Waals surface area contributed by atoms with Crippen molar-refractivity contribution in [1.82, 2.24) is 4.98 Å². The third-order valence-electron chi connectivity index (χ3n) is 2.94. The lowest BCUT2D eigenvalue weighted by Crippen LogP contribution is -2.02. The van der Waals surface area contributed by atoms with Gasteiger partial charge in [-0.3, -0.25) is 0 Å². The van der Waals surface area contributed by atoms with Gasteiger partial charge in [0.2, 0.25) is 0 Å². The Labute approximate surface area is 153 Å². The molecule has 0 aliphatic carbocycles. The molecule has 0 saturated carbocycles. The lowest BCUT2D eigenvalue weighted by Gasteiger charge is -1.99. The molecule has 2 aromatic carbocycles. The first-order valence-corrected chi connectivity index (χ1v) is 8.22. The van der Waals surface area contributed by atoms with Crippen LogP contribution in [0.2, 0.25) is 0 Å². The average molecular weight is 456 g/mol. The van der Waals surface area contributed by atoms with Gasteiger partial charge in [-0.25, -0.2) is 14.6 Å². The molecule has 0 atom stereocenters. The minimum Gasteiger partial charge on any atom is -0.478 e. The summed E-state index contributed by atoms with van der Waals surface area (Å²) in [6.45, 7) is 1.65. The number of aryl methyl sites for hydroxylation is 1. The number of fused-ring (bicyclic) bond motifs is 1. The average Bonchev–Trinajstić information content (AvgIpc) is 2.46. The molecule has 1 heterocycles. The molecule has 24 heavy (non-hydrogen) atoms. The smallest absolute Gasteiger partial charge is 0.346 e. The first kappa shape index (κ1) is 18.2. The van der Waals surface area contributed by atoms with Gasteiger partial charge < -0.3 is 15.3 Å². The minimum absolute atomic E-state index is 0.133. The summed E-state index contributed by atoms with van der Waals surface area (Å²) in [5, 5.41) is 9.07. The second-order valence-electron chi connectivity index (χ2n) is 4.72. The number of rotatable bonds is 1. The van der Waals surface area contributed by atoms with Crippen molar-refractivity contribution in [3.8, 4) is 0 Å². The number of hydrogen-bond acceptors (Lipinski definition) is 5. The molecule has 0 bridgehead atoms. The van der Waals surface area contributed by atoms with Crippen LogP contribution < -0.4 is 11.4 Å². The highest BCUT2D eigenvalue weighted by atomic mass is 79.9. The third-order valence-corrected chi connectivity index (χ3v) is 3.93. The molecule has 1 aromatic heterocycles. The van der Waals surface area contributed by atoms with Gasteiger partial charge in [0.15, 0.2) is 5.89 Å². The van der Waals surface area contributed by atoms with Crippen LogP contribution in [-0.2, 0) is 0 Å². The van der Waals surface area contributed by atoms with E-state index in [9.17, 15) is 9.59 Å². The van der Waals surface area contributed by atoms with Crippen LogP contribution in [0.4, 0.5) is 5.69 Å². The van der Waals surface area contributed by atoms with E-state index in [-0.39, 0.29) is 16.9 Å². The van der Waals surface area contributed by atoms with E-state index in [0.29, 0.717) is 16.8 Å². The normalized spacial score (nSPS) is 10.1. The van der Waals surface area contributed by atoms with Crippen LogP contribution in [0.25, 0.3) is 10.9 Å². The molecule has 124 valence electrons. The maximum absolute atomic E-state index is 11.3. The van der Waals surface area contributed by atoms with Crippen LogP contribution in [0.3, 0.4) is 0 Å². The maximum Gasteiger partial charge on any atom is 0.346 e. The Morgan fingerprint density at radius 1 is 1.17 bits per heavy atom. The molecule has 8 heteroatoms. The van der Waals surface area contributed by atoms with E-state index in [1.807, 2.05) is 0 Å². The fraction of sp³-hybridized carbons (Fsp3) is 0.0625. The van der Waals surface area contributed by atoms with Gasteiger partial charge in [0.1, 0.15) is 0 Å².